The first kappa shape index (κ1) is 25.1. The van der Waals surface area contributed by atoms with Crippen molar-refractivity contribution in [2.75, 3.05) is 13.7 Å². The Bertz CT molecular complexity index is 1010. The molecule has 0 aliphatic carbocycles. The molecule has 2 aromatic rings. The molecule has 0 amide bonds. The number of hydrogen-bond acceptors (Lipinski definition) is 11. The van der Waals surface area contributed by atoms with Crippen molar-refractivity contribution in [1.82, 2.24) is 0 Å². The van der Waals surface area contributed by atoms with E-state index in [1.54, 1.807) is 24.3 Å². The summed E-state index contributed by atoms with van der Waals surface area (Å²) in [6.07, 6.45) is -5.37. The third-order valence-corrected chi connectivity index (χ3v) is 5.20. The van der Waals surface area contributed by atoms with Crippen molar-refractivity contribution < 1.29 is 54.4 Å². The van der Waals surface area contributed by atoms with E-state index in [1.807, 2.05) is 0 Å². The Labute approximate surface area is 194 Å². The molecule has 0 radical (unpaired) electrons. The second-order valence-electron chi connectivity index (χ2n) is 7.57. The number of ether oxygens (including phenoxy) is 4. The smallest absolute Gasteiger partial charge is 0.338 e. The van der Waals surface area contributed by atoms with Gasteiger partial charge in [0.05, 0.1) is 12.7 Å². The predicted molar refractivity (Wildman–Crippen MR) is 116 cm³/mol. The molecule has 1 fully saturated rings. The number of hydrogen-bond donors (Lipinski definition) is 6. The van der Waals surface area contributed by atoms with Crippen LogP contribution in [0.15, 0.2) is 43.0 Å². The van der Waals surface area contributed by atoms with Crippen LogP contribution in [0.4, 0.5) is 0 Å². The van der Waals surface area contributed by atoms with Crippen molar-refractivity contribution in [3.8, 4) is 28.7 Å². The van der Waals surface area contributed by atoms with Gasteiger partial charge in [-0.2, -0.15) is 0 Å². The van der Waals surface area contributed by atoms with Crippen LogP contribution >= 0.6 is 0 Å². The van der Waals surface area contributed by atoms with Gasteiger partial charge in [-0.1, -0.05) is 12.1 Å². The second-order valence-corrected chi connectivity index (χ2v) is 7.57. The standard InChI is InChI=1S/C23H26O11/c1-3-4-11-5-6-15(16(7-11)31-2)33-23-21(29)20(28)19(27)17(34-23)10-32-22(30)12-8-13(24)18(26)14(25)9-12/h3,5-9,17,19-21,23-29H,1,4,10H2,2H3/t17-,19-,20+,21-,23-/m1/s1. The molecular weight excluding hydrogens is 452 g/mol. The highest BCUT2D eigenvalue weighted by Gasteiger charge is 2.45. The van der Waals surface area contributed by atoms with Gasteiger partial charge in [0.1, 0.15) is 31.0 Å². The van der Waals surface area contributed by atoms with Gasteiger partial charge in [0, 0.05) is 0 Å². The normalized spacial score (nSPS) is 24.3. The molecule has 5 atom stereocenters. The first-order valence-electron chi connectivity index (χ1n) is 10.2. The van der Waals surface area contributed by atoms with E-state index in [1.165, 1.54) is 7.11 Å². The summed E-state index contributed by atoms with van der Waals surface area (Å²) in [5, 5.41) is 59.3. The van der Waals surface area contributed by atoms with E-state index in [0.717, 1.165) is 17.7 Å². The van der Waals surface area contributed by atoms with E-state index in [4.69, 9.17) is 18.9 Å². The van der Waals surface area contributed by atoms with Crippen molar-refractivity contribution in [3.05, 3.63) is 54.1 Å². The zero-order valence-corrected chi connectivity index (χ0v) is 18.2. The van der Waals surface area contributed by atoms with E-state index in [0.29, 0.717) is 12.2 Å². The maximum Gasteiger partial charge on any atom is 0.338 e. The number of esters is 1. The molecule has 2 aromatic carbocycles. The topological polar surface area (TPSA) is 175 Å². The fourth-order valence-corrected chi connectivity index (χ4v) is 3.34. The highest BCUT2D eigenvalue weighted by molar-refractivity contribution is 5.91. The number of phenols is 3. The third kappa shape index (κ3) is 5.34. The molecule has 1 aliphatic heterocycles. The van der Waals surface area contributed by atoms with Crippen LogP contribution in [0.5, 0.6) is 28.7 Å². The molecule has 6 N–H and O–H groups in total. The molecule has 1 heterocycles. The minimum absolute atomic E-state index is 0.203. The Morgan fingerprint density at radius 1 is 1.03 bits per heavy atom. The number of methoxy groups -OCH3 is 1. The largest absolute Gasteiger partial charge is 0.504 e. The van der Waals surface area contributed by atoms with Gasteiger partial charge in [-0.15, -0.1) is 6.58 Å². The summed E-state index contributed by atoms with van der Waals surface area (Å²) in [6, 6.07) is 6.80. The Morgan fingerprint density at radius 2 is 1.71 bits per heavy atom. The summed E-state index contributed by atoms with van der Waals surface area (Å²) >= 11 is 0. The number of aromatic hydroxyl groups is 3. The van der Waals surface area contributed by atoms with Crippen molar-refractivity contribution >= 4 is 5.97 Å². The monoisotopic (exact) mass is 478 g/mol. The number of carbonyl (C=O) groups is 1. The molecule has 34 heavy (non-hydrogen) atoms. The molecule has 0 saturated carbocycles. The minimum Gasteiger partial charge on any atom is -0.504 e. The Hall–Kier alpha value is -3.51. The average Bonchev–Trinajstić information content (AvgIpc) is 2.82. The minimum atomic E-state index is -1.68. The van der Waals surface area contributed by atoms with Crippen molar-refractivity contribution in [1.29, 1.82) is 0 Å². The van der Waals surface area contributed by atoms with Crippen molar-refractivity contribution in [3.63, 3.8) is 0 Å². The highest BCUT2D eigenvalue weighted by atomic mass is 16.7. The number of rotatable bonds is 8. The van der Waals surface area contributed by atoms with E-state index in [-0.39, 0.29) is 11.3 Å². The lowest BCUT2D eigenvalue weighted by Gasteiger charge is -2.40. The lowest BCUT2D eigenvalue weighted by molar-refractivity contribution is -0.277. The molecule has 0 spiro atoms. The van der Waals surface area contributed by atoms with E-state index >= 15 is 0 Å². The fraction of sp³-hybridized carbons (Fsp3) is 0.348. The third-order valence-electron chi connectivity index (χ3n) is 5.20. The van der Waals surface area contributed by atoms with Gasteiger partial charge in [0.25, 0.3) is 0 Å². The highest BCUT2D eigenvalue weighted by Crippen LogP contribution is 2.36. The van der Waals surface area contributed by atoms with Crippen LogP contribution in [0.2, 0.25) is 0 Å². The Balaban J connectivity index is 1.71. The van der Waals surface area contributed by atoms with E-state index in [2.05, 4.69) is 6.58 Å². The van der Waals surface area contributed by atoms with Crippen LogP contribution in [-0.2, 0) is 15.9 Å². The van der Waals surface area contributed by atoms with Crippen LogP contribution < -0.4 is 9.47 Å². The predicted octanol–water partition coefficient (Wildman–Crippen LogP) is 0.584. The van der Waals surface area contributed by atoms with Crippen LogP contribution in [0, 0.1) is 0 Å². The maximum absolute atomic E-state index is 12.3. The maximum atomic E-state index is 12.3. The van der Waals surface area contributed by atoms with Crippen LogP contribution in [0.1, 0.15) is 15.9 Å². The molecule has 11 nitrogen and oxygen atoms in total. The summed E-state index contributed by atoms with van der Waals surface area (Å²) in [6.45, 7) is 3.11. The zero-order valence-electron chi connectivity index (χ0n) is 18.2. The van der Waals surface area contributed by atoms with Gasteiger partial charge < -0.3 is 49.6 Å². The summed E-state index contributed by atoms with van der Waals surface area (Å²) in [5.41, 5.74) is 0.617. The van der Waals surface area contributed by atoms with Crippen molar-refractivity contribution in [2.24, 2.45) is 0 Å². The quantitative estimate of drug-likeness (QED) is 0.178. The molecule has 11 heteroatoms. The van der Waals surface area contributed by atoms with Crippen LogP contribution in [0.25, 0.3) is 0 Å². The molecule has 184 valence electrons. The summed E-state index contributed by atoms with van der Waals surface area (Å²) < 4.78 is 21.6. The summed E-state index contributed by atoms with van der Waals surface area (Å²) in [5.74, 6) is -2.74. The van der Waals surface area contributed by atoms with Gasteiger partial charge in [0.15, 0.2) is 28.7 Å². The van der Waals surface area contributed by atoms with Gasteiger partial charge in [-0.05, 0) is 36.2 Å². The Morgan fingerprint density at radius 3 is 2.32 bits per heavy atom. The number of phenolic OH excluding ortho intramolecular Hbond substituents is 3. The van der Waals surface area contributed by atoms with Crippen molar-refractivity contribution in [2.45, 2.75) is 37.1 Å². The lowest BCUT2D eigenvalue weighted by Crippen LogP contribution is -2.60. The number of benzene rings is 2. The SMILES string of the molecule is C=CCc1ccc(O[C@@H]2O[C@H](COC(=O)c3cc(O)c(O)c(O)c3)[C@@H](O)[C@H](O)[C@H]2O)c(OC)c1. The van der Waals surface area contributed by atoms with Gasteiger partial charge in [0.2, 0.25) is 6.29 Å². The first-order chi connectivity index (χ1) is 16.2. The number of allylic oxidation sites excluding steroid dienone is 1. The van der Waals surface area contributed by atoms with E-state index in [9.17, 15) is 35.4 Å². The molecule has 0 bridgehead atoms. The van der Waals surface area contributed by atoms with Crippen LogP contribution in [-0.4, -0.2) is 81.0 Å². The number of carbonyl (C=O) groups excluding carboxylic acids is 1. The molecule has 3 rings (SSSR count). The molecule has 0 aromatic heterocycles. The second kappa shape index (κ2) is 10.6. The molecule has 1 aliphatic rings. The summed E-state index contributed by atoms with van der Waals surface area (Å²) in [4.78, 5) is 12.3. The zero-order chi connectivity index (χ0) is 25.0. The van der Waals surface area contributed by atoms with Gasteiger partial charge in [-0.3, -0.25) is 0 Å². The molecule has 1 saturated heterocycles. The average molecular weight is 478 g/mol. The van der Waals surface area contributed by atoms with E-state index < -0.39 is 60.5 Å². The fourth-order valence-electron chi connectivity index (χ4n) is 3.34. The molecule has 0 unspecified atom stereocenters. The van der Waals surface area contributed by atoms with Gasteiger partial charge >= 0.3 is 5.97 Å². The first-order valence-corrected chi connectivity index (χ1v) is 10.2. The Kier molecular flexibility index (Phi) is 7.84. The number of aliphatic hydroxyl groups excluding tert-OH is 3. The molecular formula is C23H26O11. The van der Waals surface area contributed by atoms with Gasteiger partial charge in [-0.25, -0.2) is 4.79 Å². The lowest BCUT2D eigenvalue weighted by atomic mass is 9.99. The number of aliphatic hydroxyl groups is 3. The summed E-state index contributed by atoms with van der Waals surface area (Å²) in [7, 11) is 1.43. The van der Waals surface area contributed by atoms with Crippen LogP contribution in [0.3, 0.4) is 0 Å².